The number of hydrogen-bond acceptors (Lipinski definition) is 5. The van der Waals surface area contributed by atoms with E-state index in [2.05, 4.69) is 6.07 Å². The number of hydrogen-bond donors (Lipinski definition) is 0. The zero-order valence-corrected chi connectivity index (χ0v) is 20.5. The quantitative estimate of drug-likeness (QED) is 0.349. The topological polar surface area (TPSA) is 67.3 Å². The molecule has 1 amide bonds. The molecule has 1 aromatic heterocycles. The average Bonchev–Trinajstić information content (AvgIpc) is 3.21. The van der Waals surface area contributed by atoms with E-state index >= 15 is 0 Å². The number of nitrogens with zero attached hydrogens (tertiary/aromatic N) is 2. The van der Waals surface area contributed by atoms with Crippen LogP contribution in [0.1, 0.15) is 30.5 Å². The fourth-order valence-electron chi connectivity index (χ4n) is 3.50. The largest absolute Gasteiger partial charge is 0.283 e. The van der Waals surface area contributed by atoms with Crippen LogP contribution in [0.5, 0.6) is 0 Å². The SMILES string of the molecule is Cc1ccc2nc(N(Cc3ccccc3)C(=O)Cc3ccc(S(=O)(=O)C(C)C)cc3)sc2c1. The van der Waals surface area contributed by atoms with Gasteiger partial charge in [-0.1, -0.05) is 59.9 Å². The summed E-state index contributed by atoms with van der Waals surface area (Å²) in [6, 6.07) is 22.5. The van der Waals surface area contributed by atoms with Gasteiger partial charge in [-0.3, -0.25) is 9.69 Å². The second-order valence-electron chi connectivity index (χ2n) is 8.35. The summed E-state index contributed by atoms with van der Waals surface area (Å²) < 4.78 is 25.8. The van der Waals surface area contributed by atoms with E-state index < -0.39 is 15.1 Å². The van der Waals surface area contributed by atoms with Gasteiger partial charge in [0.15, 0.2) is 15.0 Å². The Morgan fingerprint density at radius 3 is 2.33 bits per heavy atom. The van der Waals surface area contributed by atoms with Crippen LogP contribution in [0.15, 0.2) is 77.7 Å². The van der Waals surface area contributed by atoms with Crippen LogP contribution >= 0.6 is 11.3 Å². The van der Waals surface area contributed by atoms with Crippen LogP contribution in [-0.2, 0) is 27.6 Å². The van der Waals surface area contributed by atoms with Gasteiger partial charge in [0.1, 0.15) is 0 Å². The molecule has 0 bridgehead atoms. The molecule has 0 saturated carbocycles. The summed E-state index contributed by atoms with van der Waals surface area (Å²) in [5.74, 6) is -0.0888. The molecule has 0 radical (unpaired) electrons. The summed E-state index contributed by atoms with van der Waals surface area (Å²) in [6.07, 6.45) is 0.157. The number of amides is 1. The number of fused-ring (bicyclic) bond motifs is 1. The zero-order chi connectivity index (χ0) is 23.6. The number of benzene rings is 3. The third-order valence-electron chi connectivity index (χ3n) is 5.48. The van der Waals surface area contributed by atoms with Gasteiger partial charge in [-0.2, -0.15) is 0 Å². The molecule has 0 saturated heterocycles. The maximum atomic E-state index is 13.4. The lowest BCUT2D eigenvalue weighted by atomic mass is 10.1. The van der Waals surface area contributed by atoms with Crippen molar-refractivity contribution in [2.75, 3.05) is 4.90 Å². The predicted octanol–water partition coefficient (Wildman–Crippen LogP) is 5.56. The van der Waals surface area contributed by atoms with E-state index in [1.54, 1.807) is 43.0 Å². The van der Waals surface area contributed by atoms with Gasteiger partial charge in [0.25, 0.3) is 0 Å². The molecule has 3 aromatic carbocycles. The number of aromatic nitrogens is 1. The molecule has 0 aliphatic heterocycles. The highest BCUT2D eigenvalue weighted by Gasteiger charge is 2.22. The van der Waals surface area contributed by atoms with E-state index in [4.69, 9.17) is 4.98 Å². The monoisotopic (exact) mass is 478 g/mol. The number of sulfone groups is 1. The molecule has 0 unspecified atom stereocenters. The van der Waals surface area contributed by atoms with Gasteiger partial charge in [0, 0.05) is 0 Å². The molecule has 4 aromatic rings. The van der Waals surface area contributed by atoms with E-state index in [1.165, 1.54) is 11.3 Å². The maximum Gasteiger partial charge on any atom is 0.233 e. The van der Waals surface area contributed by atoms with E-state index in [0.29, 0.717) is 11.7 Å². The van der Waals surface area contributed by atoms with Crippen molar-refractivity contribution in [3.63, 3.8) is 0 Å². The molecular weight excluding hydrogens is 452 g/mol. The van der Waals surface area contributed by atoms with Crippen molar-refractivity contribution >= 4 is 42.4 Å². The highest BCUT2D eigenvalue weighted by atomic mass is 32.2. The molecule has 0 aliphatic rings. The predicted molar refractivity (Wildman–Crippen MR) is 134 cm³/mol. The van der Waals surface area contributed by atoms with Crippen molar-refractivity contribution in [3.8, 4) is 0 Å². The van der Waals surface area contributed by atoms with Gasteiger partial charge in [-0.15, -0.1) is 0 Å². The van der Waals surface area contributed by atoms with Gasteiger partial charge < -0.3 is 0 Å². The van der Waals surface area contributed by atoms with E-state index in [-0.39, 0.29) is 17.2 Å². The number of rotatable bonds is 7. The van der Waals surface area contributed by atoms with Crippen molar-refractivity contribution in [2.45, 2.75) is 43.9 Å². The third-order valence-corrected chi connectivity index (χ3v) is 8.69. The number of thiazole rings is 1. The minimum absolute atomic E-state index is 0.0888. The molecule has 170 valence electrons. The van der Waals surface area contributed by atoms with Crippen LogP contribution in [0, 0.1) is 6.92 Å². The van der Waals surface area contributed by atoms with Crippen LogP contribution in [0.25, 0.3) is 10.2 Å². The number of carbonyl (C=O) groups is 1. The summed E-state index contributed by atoms with van der Waals surface area (Å²) in [5.41, 5.74) is 3.79. The Morgan fingerprint density at radius 1 is 0.970 bits per heavy atom. The first-order chi connectivity index (χ1) is 15.7. The Labute approximate surface area is 198 Å². The van der Waals surface area contributed by atoms with E-state index in [0.717, 1.165) is 26.9 Å². The first-order valence-corrected chi connectivity index (χ1v) is 13.1. The minimum atomic E-state index is -3.34. The maximum absolute atomic E-state index is 13.4. The normalized spacial score (nSPS) is 11.8. The number of anilines is 1. The highest BCUT2D eigenvalue weighted by Crippen LogP contribution is 2.31. The lowest BCUT2D eigenvalue weighted by Gasteiger charge is -2.20. The molecule has 0 N–H and O–H groups in total. The fourth-order valence-corrected chi connectivity index (χ4v) is 5.64. The summed E-state index contributed by atoms with van der Waals surface area (Å²) in [5, 5.41) is 0.164. The van der Waals surface area contributed by atoms with Crippen LogP contribution in [-0.4, -0.2) is 24.6 Å². The molecule has 4 rings (SSSR count). The Morgan fingerprint density at radius 2 is 1.67 bits per heavy atom. The molecule has 0 fully saturated rings. The fraction of sp³-hybridized carbons (Fsp3) is 0.231. The molecule has 0 spiro atoms. The molecular formula is C26H26N2O3S2. The first-order valence-electron chi connectivity index (χ1n) is 10.8. The van der Waals surface area contributed by atoms with Crippen LogP contribution in [0.4, 0.5) is 5.13 Å². The van der Waals surface area contributed by atoms with E-state index in [9.17, 15) is 13.2 Å². The lowest BCUT2D eigenvalue weighted by Crippen LogP contribution is -2.31. The average molecular weight is 479 g/mol. The van der Waals surface area contributed by atoms with Crippen LogP contribution < -0.4 is 4.90 Å². The van der Waals surface area contributed by atoms with Gasteiger partial charge in [0.2, 0.25) is 5.91 Å². The lowest BCUT2D eigenvalue weighted by molar-refractivity contribution is -0.118. The van der Waals surface area contributed by atoms with Crippen LogP contribution in [0.2, 0.25) is 0 Å². The second kappa shape index (κ2) is 9.45. The van der Waals surface area contributed by atoms with E-state index in [1.807, 2.05) is 49.4 Å². The number of aryl methyl sites for hydroxylation is 1. The van der Waals surface area contributed by atoms with Crippen molar-refractivity contribution in [3.05, 3.63) is 89.5 Å². The van der Waals surface area contributed by atoms with Crippen molar-refractivity contribution in [2.24, 2.45) is 0 Å². The van der Waals surface area contributed by atoms with Gasteiger partial charge >= 0.3 is 0 Å². The first kappa shape index (κ1) is 23.1. The van der Waals surface area contributed by atoms with Gasteiger partial charge in [0.05, 0.1) is 33.3 Å². The molecule has 7 heteroatoms. The molecule has 1 heterocycles. The van der Waals surface area contributed by atoms with Crippen molar-refractivity contribution < 1.29 is 13.2 Å². The Balaban J connectivity index is 1.63. The molecule has 0 atom stereocenters. The minimum Gasteiger partial charge on any atom is -0.283 e. The molecule has 33 heavy (non-hydrogen) atoms. The van der Waals surface area contributed by atoms with Gasteiger partial charge in [-0.05, 0) is 61.7 Å². The Kier molecular flexibility index (Phi) is 6.63. The summed E-state index contributed by atoms with van der Waals surface area (Å²) in [4.78, 5) is 20.1. The summed E-state index contributed by atoms with van der Waals surface area (Å²) >= 11 is 1.50. The van der Waals surface area contributed by atoms with Crippen molar-refractivity contribution in [1.29, 1.82) is 0 Å². The Bertz CT molecular complexity index is 1380. The summed E-state index contributed by atoms with van der Waals surface area (Å²) in [7, 11) is -3.34. The zero-order valence-electron chi connectivity index (χ0n) is 18.9. The molecule has 0 aliphatic carbocycles. The Hall–Kier alpha value is -3.03. The van der Waals surface area contributed by atoms with Crippen molar-refractivity contribution in [1.82, 2.24) is 4.98 Å². The van der Waals surface area contributed by atoms with Gasteiger partial charge in [-0.25, -0.2) is 13.4 Å². The highest BCUT2D eigenvalue weighted by molar-refractivity contribution is 7.92. The smallest absolute Gasteiger partial charge is 0.233 e. The van der Waals surface area contributed by atoms with Crippen LogP contribution in [0.3, 0.4) is 0 Å². The third kappa shape index (κ3) is 5.15. The summed E-state index contributed by atoms with van der Waals surface area (Å²) in [6.45, 7) is 5.77. The number of carbonyl (C=O) groups excluding carboxylic acids is 1. The second-order valence-corrected chi connectivity index (χ2v) is 11.9. The standard InChI is InChI=1S/C26H26N2O3S2/c1-18(2)33(30,31)22-12-10-20(11-13-22)16-25(29)28(17-21-7-5-4-6-8-21)26-27-23-14-9-19(3)15-24(23)32-26/h4-15,18H,16-17H2,1-3H3. The molecule has 5 nitrogen and oxygen atoms in total.